The summed E-state index contributed by atoms with van der Waals surface area (Å²) in [5.74, 6) is -11.0. The molecule has 6 atom stereocenters. The van der Waals surface area contributed by atoms with E-state index >= 15 is 4.39 Å². The monoisotopic (exact) mass is 1760 g/mol. The van der Waals surface area contributed by atoms with Gasteiger partial charge in [0.05, 0.1) is 143 Å². The minimum atomic E-state index is -1.57. The number of aliphatic carboxylic acids is 1. The zero-order valence-corrected chi connectivity index (χ0v) is 69.3. The van der Waals surface area contributed by atoms with E-state index in [0.29, 0.717) is 141 Å². The predicted molar refractivity (Wildman–Crippen MR) is 446 cm³/mol. The van der Waals surface area contributed by atoms with Crippen LogP contribution in [0.25, 0.3) is 10.9 Å². The molecule has 0 unspecified atom stereocenters. The summed E-state index contributed by atoms with van der Waals surface area (Å²) in [5, 5.41) is 56.2. The van der Waals surface area contributed by atoms with E-state index in [9.17, 15) is 72.9 Å². The van der Waals surface area contributed by atoms with Crippen molar-refractivity contribution in [3.05, 3.63) is 155 Å². The van der Waals surface area contributed by atoms with E-state index in [0.717, 1.165) is 25.1 Å². The second-order valence-corrected chi connectivity index (χ2v) is 28.6. The quantitative estimate of drug-likeness (QED) is 0.00649. The number of thiocarbonyl (C=S) groups is 1. The van der Waals surface area contributed by atoms with E-state index in [2.05, 4.69) is 80.7 Å². The third-order valence-corrected chi connectivity index (χ3v) is 19.3. The fraction of sp³-hybridized carbons (Fsp3) is 0.415. The standard InChI is InChI=1S/C82H98FN13O26S2/c1-48(89-79(110)68(46-123)96-78(109)67(43-72(102)103)90-49(2)98)74(105)94-65(37-50-44-87-62-6-4-3-5-56(50)62)76(107)95-66(39-52-45-84-47-88-52)77(108)93-63(75(106)85-18-20-97)15-16-71(101)92-64-42-55(10-14-61(64)83)120-73(104)17-21-112-23-25-114-27-29-116-31-33-118-35-36-119-34-32-117-30-28-115-26-24-113-22-19-86-81(124)91-51-7-11-58-57(38-51)80(111)122-82(58)59-12-8-53(99)40-69(59)121-70-41-54(100)9-13-60(70)82/h3-14,20,38,40-42,44-45,47-48,63,65-68,87,99-100,123H,15-19,21-37,39,43,46H2,1-2H3,(H,84,88)(H,85,106)(H,89,110)(H,90,98)(H,92,101)(H,93,108)(H,94,105)(H,95,107)(H,96,109)(H,102,103)(H2,86,91,124)/t48-,63-,65-,66-,67-,68-/m0/s1. The zero-order chi connectivity index (χ0) is 88.9. The molecule has 4 heterocycles. The Morgan fingerprint density at radius 2 is 1.15 bits per heavy atom. The molecule has 0 saturated heterocycles. The summed E-state index contributed by atoms with van der Waals surface area (Å²) in [5.41, 5.74) is 2.20. The molecule has 7 aromatic rings. The van der Waals surface area contributed by atoms with Crippen LogP contribution in [-0.2, 0) is 114 Å². The van der Waals surface area contributed by atoms with Crippen molar-refractivity contribution >= 4 is 124 Å². The van der Waals surface area contributed by atoms with E-state index in [4.69, 9.17) is 64.3 Å². The summed E-state index contributed by atoms with van der Waals surface area (Å²) in [6.07, 6.45) is 2.08. The van der Waals surface area contributed by atoms with E-state index in [1.807, 2.05) is 0 Å². The number of carboxylic acids is 1. The minimum Gasteiger partial charge on any atom is -0.508 e. The van der Waals surface area contributed by atoms with Crippen molar-refractivity contribution in [2.24, 2.45) is 0 Å². The number of amides is 8. The van der Waals surface area contributed by atoms with Gasteiger partial charge in [-0.25, -0.2) is 14.2 Å². The number of carbonyl (C=O) groups excluding carboxylic acids is 11. The van der Waals surface area contributed by atoms with Crippen LogP contribution in [0.2, 0.25) is 0 Å². The van der Waals surface area contributed by atoms with Gasteiger partial charge in [0.1, 0.15) is 77.1 Å². The molecule has 0 bridgehead atoms. The number of esters is 2. The van der Waals surface area contributed by atoms with Crippen molar-refractivity contribution in [2.75, 3.05) is 135 Å². The van der Waals surface area contributed by atoms with Crippen LogP contribution in [-0.4, -0.2) is 268 Å². The number of rotatable bonds is 54. The number of hydrogen-bond donors (Lipinski definition) is 16. The maximum atomic E-state index is 15.2. The van der Waals surface area contributed by atoms with Crippen molar-refractivity contribution in [3.63, 3.8) is 0 Å². The normalized spacial score (nSPS) is 13.6. The van der Waals surface area contributed by atoms with Crippen LogP contribution in [0.15, 0.2) is 116 Å². The summed E-state index contributed by atoms with van der Waals surface area (Å²) in [7, 11) is 0. The number of aromatic amines is 2. The molecule has 9 rings (SSSR count). The molecule has 2 aliphatic heterocycles. The Morgan fingerprint density at radius 3 is 1.74 bits per heavy atom. The number of anilines is 2. The van der Waals surface area contributed by atoms with Crippen molar-refractivity contribution in [2.45, 2.75) is 94.2 Å². The summed E-state index contributed by atoms with van der Waals surface area (Å²) < 4.78 is 77.1. The number of hydrogen-bond acceptors (Lipinski definition) is 28. The Balaban J connectivity index is 0.596. The van der Waals surface area contributed by atoms with Crippen LogP contribution < -0.4 is 62.6 Å². The lowest BCUT2D eigenvalue weighted by Crippen LogP contribution is -2.60. The number of aromatic nitrogens is 3. The number of H-pyrrole nitrogens is 2. The highest BCUT2D eigenvalue weighted by atomic mass is 32.1. The molecule has 0 radical (unpaired) electrons. The molecular weight excluding hydrogens is 1670 g/mol. The first-order valence-corrected chi connectivity index (χ1v) is 40.4. The fourth-order valence-electron chi connectivity index (χ4n) is 12.7. The first kappa shape index (κ1) is 95.6. The number of halogens is 1. The molecule has 0 aliphatic carbocycles. The Bertz CT molecular complexity index is 4780. The average Bonchev–Trinajstić information content (AvgIpc) is 1.50. The van der Waals surface area contributed by atoms with Gasteiger partial charge in [0.25, 0.3) is 0 Å². The number of fused-ring (bicyclic) bond motifs is 7. The summed E-state index contributed by atoms with van der Waals surface area (Å²) in [6, 6.07) is 15.4. The van der Waals surface area contributed by atoms with Gasteiger partial charge < -0.3 is 135 Å². The summed E-state index contributed by atoms with van der Waals surface area (Å²) >= 11 is 9.61. The largest absolute Gasteiger partial charge is 0.508 e. The van der Waals surface area contributed by atoms with Gasteiger partial charge in [0.15, 0.2) is 10.7 Å². The first-order valence-electron chi connectivity index (χ1n) is 39.4. The van der Waals surface area contributed by atoms with E-state index in [1.165, 1.54) is 43.7 Å². The number of nitrogens with one attached hydrogen (secondary N) is 12. The van der Waals surface area contributed by atoms with Crippen LogP contribution in [0.1, 0.15) is 77.8 Å². The van der Waals surface area contributed by atoms with Crippen LogP contribution >= 0.6 is 24.8 Å². The molecule has 2 aliphatic rings. The molecule has 2 aromatic heterocycles. The maximum absolute atomic E-state index is 15.2. The second kappa shape index (κ2) is 49.1. The number of carbonyl (C=O) groups is 12. The zero-order valence-electron chi connectivity index (χ0n) is 67.6. The molecular formula is C82H98FN13O26S2. The maximum Gasteiger partial charge on any atom is 0.340 e. The molecule has 666 valence electrons. The number of aromatic hydroxyl groups is 2. The topological polar surface area (TPSA) is 532 Å². The smallest absolute Gasteiger partial charge is 0.340 e. The van der Waals surface area contributed by atoms with Gasteiger partial charge in [-0.2, -0.15) is 12.6 Å². The Kier molecular flexibility index (Phi) is 37.9. The number of imidazole rings is 1. The molecule has 8 amide bonds. The molecule has 0 fully saturated rings. The van der Waals surface area contributed by atoms with Gasteiger partial charge in [-0.1, -0.05) is 24.3 Å². The Labute approximate surface area is 720 Å². The third kappa shape index (κ3) is 29.2. The van der Waals surface area contributed by atoms with Crippen molar-refractivity contribution < 1.29 is 129 Å². The number of aldehydes is 1. The molecule has 15 N–H and O–H groups in total. The molecule has 5 aromatic carbocycles. The highest BCUT2D eigenvalue weighted by Gasteiger charge is 2.54. The van der Waals surface area contributed by atoms with E-state index in [1.54, 1.807) is 60.8 Å². The fourth-order valence-corrected chi connectivity index (χ4v) is 13.2. The van der Waals surface area contributed by atoms with Gasteiger partial charge in [0.2, 0.25) is 47.3 Å². The van der Waals surface area contributed by atoms with Crippen LogP contribution in [0.5, 0.6) is 28.7 Å². The SMILES string of the molecule is CC(=O)N[C@@H](CC(=O)O)C(=O)N[C@@H](CS)C(=O)N[C@@H](C)C(=O)N[C@@H](Cc1c[nH]c2ccccc12)C(=O)N[C@@H](Cc1cnc[nH]1)C(=O)N[C@@H](CCC(=O)Nc1cc(OC(=O)CCOCCOCCOCCOCCOCCOCCOCCOCCNC(=S)Nc2ccc3c(c2)C(=O)OC32c3ccc(O)cc3Oc3cc(O)ccc32)ccc1F)C(=O)NCC=O. The molecule has 39 nitrogen and oxygen atoms in total. The minimum absolute atomic E-state index is 0.0393. The van der Waals surface area contributed by atoms with E-state index in [-0.39, 0.29) is 86.8 Å². The highest BCUT2D eigenvalue weighted by Crippen LogP contribution is 2.57. The first-order chi connectivity index (χ1) is 59.8. The molecule has 0 saturated carbocycles. The van der Waals surface area contributed by atoms with Crippen LogP contribution in [0.3, 0.4) is 0 Å². The van der Waals surface area contributed by atoms with Crippen molar-refractivity contribution in [1.82, 2.24) is 57.5 Å². The third-order valence-electron chi connectivity index (χ3n) is 18.7. The van der Waals surface area contributed by atoms with Gasteiger partial charge in [-0.15, -0.1) is 0 Å². The Morgan fingerprint density at radius 1 is 0.597 bits per heavy atom. The molecule has 1 spiro atoms. The average molecular weight is 1760 g/mol. The lowest BCUT2D eigenvalue weighted by Gasteiger charge is -2.36. The molecule has 124 heavy (non-hydrogen) atoms. The number of carboxylic acid groups (broad SMARTS) is 1. The van der Waals surface area contributed by atoms with Crippen molar-refractivity contribution in [1.29, 1.82) is 0 Å². The van der Waals surface area contributed by atoms with Gasteiger partial charge >= 0.3 is 17.9 Å². The lowest BCUT2D eigenvalue weighted by atomic mass is 9.77. The number of para-hydroxylation sites is 1. The summed E-state index contributed by atoms with van der Waals surface area (Å²) in [4.78, 5) is 167. The number of phenols is 2. The van der Waals surface area contributed by atoms with E-state index < -0.39 is 144 Å². The number of benzene rings is 5. The van der Waals surface area contributed by atoms with Gasteiger partial charge in [-0.05, 0) is 85.7 Å². The van der Waals surface area contributed by atoms with Crippen LogP contribution in [0, 0.1) is 5.82 Å². The number of thiol groups is 1. The lowest BCUT2D eigenvalue weighted by molar-refractivity contribution is -0.141. The van der Waals surface area contributed by atoms with Crippen LogP contribution in [0.4, 0.5) is 15.8 Å². The van der Waals surface area contributed by atoms with Crippen molar-refractivity contribution in [3.8, 4) is 28.7 Å². The second-order valence-electron chi connectivity index (χ2n) is 27.8. The number of phenolic OH excluding ortho intramolecular Hbond substituents is 2. The number of nitrogens with zero attached hydrogens (tertiary/aromatic N) is 1. The predicted octanol–water partition coefficient (Wildman–Crippen LogP) is 2.30. The number of ether oxygens (including phenoxy) is 11. The van der Waals surface area contributed by atoms with Gasteiger partial charge in [0, 0.05) is 108 Å². The summed E-state index contributed by atoms with van der Waals surface area (Å²) in [6.45, 7) is 6.95. The van der Waals surface area contributed by atoms with Gasteiger partial charge in [-0.3, -0.25) is 47.9 Å². The highest BCUT2D eigenvalue weighted by molar-refractivity contribution is 7.80. The molecule has 42 heteroatoms. The Hall–Kier alpha value is -12.3.